The van der Waals surface area contributed by atoms with Crippen LogP contribution in [-0.2, 0) is 0 Å². The summed E-state index contributed by atoms with van der Waals surface area (Å²) in [6.07, 6.45) is 0. The zero-order valence-electron chi connectivity index (χ0n) is 5.34. The largest absolute Gasteiger partial charge is 0.569 e. The van der Waals surface area contributed by atoms with E-state index in [0.717, 1.165) is 0 Å². The molecule has 2 N–H and O–H groups in total. The first-order valence-corrected chi connectivity index (χ1v) is 2.96. The minimum atomic E-state index is 0.0791. The maximum Gasteiger partial charge on any atom is 0.230 e. The number of hydrazine groups is 1. The summed E-state index contributed by atoms with van der Waals surface area (Å²) in [4.78, 5) is 0.117. The SMILES string of the molecule is [O-]/[N+](=N\O)N1CC(CO)C1. The second-order valence-corrected chi connectivity index (χ2v) is 2.26. The number of rotatable bonds is 2. The summed E-state index contributed by atoms with van der Waals surface area (Å²) >= 11 is 0. The van der Waals surface area contributed by atoms with Gasteiger partial charge in [0, 0.05) is 12.5 Å². The van der Waals surface area contributed by atoms with Crippen LogP contribution < -0.4 is 0 Å². The molecule has 0 aromatic heterocycles. The smallest absolute Gasteiger partial charge is 0.230 e. The number of aliphatic hydroxyl groups is 1. The average Bonchev–Trinajstić information content (AvgIpc) is 1.85. The van der Waals surface area contributed by atoms with E-state index in [1.807, 2.05) is 0 Å². The van der Waals surface area contributed by atoms with Crippen molar-refractivity contribution in [2.75, 3.05) is 19.7 Å². The third-order valence-electron chi connectivity index (χ3n) is 1.51. The minimum absolute atomic E-state index is 0.0791. The third-order valence-corrected chi connectivity index (χ3v) is 1.51. The summed E-state index contributed by atoms with van der Waals surface area (Å²) in [7, 11) is 0. The van der Waals surface area contributed by atoms with Gasteiger partial charge < -0.3 is 15.5 Å². The highest BCUT2D eigenvalue weighted by Crippen LogP contribution is 2.13. The van der Waals surface area contributed by atoms with Crippen molar-refractivity contribution in [3.63, 3.8) is 0 Å². The Morgan fingerprint density at radius 1 is 1.70 bits per heavy atom. The van der Waals surface area contributed by atoms with Crippen LogP contribution in [0.5, 0.6) is 0 Å². The van der Waals surface area contributed by atoms with E-state index in [1.165, 1.54) is 5.01 Å². The van der Waals surface area contributed by atoms with Gasteiger partial charge in [0.05, 0.1) is 18.1 Å². The molecule has 1 heterocycles. The molecule has 0 bridgehead atoms. The number of nitrogens with zero attached hydrogens (tertiary/aromatic N) is 3. The van der Waals surface area contributed by atoms with Crippen LogP contribution in [0.25, 0.3) is 0 Å². The Bertz CT molecular complexity index is 143. The summed E-state index contributed by atoms with van der Waals surface area (Å²) in [5.41, 5.74) is 0. The van der Waals surface area contributed by atoms with Crippen LogP contribution in [0.3, 0.4) is 0 Å². The van der Waals surface area contributed by atoms with Crippen molar-refractivity contribution in [1.82, 2.24) is 5.01 Å². The second-order valence-electron chi connectivity index (χ2n) is 2.26. The van der Waals surface area contributed by atoms with Gasteiger partial charge in [-0.15, -0.1) is 5.01 Å². The molecule has 6 heteroatoms. The van der Waals surface area contributed by atoms with Gasteiger partial charge >= 0.3 is 0 Å². The van der Waals surface area contributed by atoms with E-state index < -0.39 is 0 Å². The van der Waals surface area contributed by atoms with E-state index in [-0.39, 0.29) is 17.5 Å². The summed E-state index contributed by atoms with van der Waals surface area (Å²) in [6.45, 7) is 1.00. The zero-order valence-corrected chi connectivity index (χ0v) is 5.34. The van der Waals surface area contributed by atoms with Crippen LogP contribution in [0.2, 0.25) is 0 Å². The van der Waals surface area contributed by atoms with Crippen molar-refractivity contribution in [1.29, 1.82) is 0 Å². The van der Waals surface area contributed by atoms with Gasteiger partial charge in [0.2, 0.25) is 5.28 Å². The summed E-state index contributed by atoms with van der Waals surface area (Å²) in [5, 5.41) is 30.6. The lowest BCUT2D eigenvalue weighted by molar-refractivity contribution is -0.725. The standard InChI is InChI=1S/C4H9N3O3/c8-3-4-1-6(2-4)7(10)5-9/h4,8-9H,1-3H2/b7-5-. The van der Waals surface area contributed by atoms with Gasteiger partial charge in [0.15, 0.2) is 0 Å². The highest BCUT2D eigenvalue weighted by Gasteiger charge is 2.32. The van der Waals surface area contributed by atoms with Crippen LogP contribution in [0.4, 0.5) is 0 Å². The normalized spacial score (nSPS) is 20.9. The molecule has 1 aliphatic rings. The third kappa shape index (κ3) is 1.10. The van der Waals surface area contributed by atoms with Gasteiger partial charge in [0.25, 0.3) is 0 Å². The maximum atomic E-state index is 10.4. The maximum absolute atomic E-state index is 10.4. The number of hydrogen-bond acceptors (Lipinski definition) is 3. The van der Waals surface area contributed by atoms with Crippen molar-refractivity contribution in [2.24, 2.45) is 11.2 Å². The van der Waals surface area contributed by atoms with E-state index in [0.29, 0.717) is 13.1 Å². The molecule has 58 valence electrons. The van der Waals surface area contributed by atoms with Gasteiger partial charge in [0.1, 0.15) is 0 Å². The Morgan fingerprint density at radius 2 is 2.30 bits per heavy atom. The van der Waals surface area contributed by atoms with Gasteiger partial charge in [-0.1, -0.05) is 0 Å². The first-order valence-electron chi connectivity index (χ1n) is 2.96. The Balaban J connectivity index is 2.26. The van der Waals surface area contributed by atoms with Gasteiger partial charge in [-0.05, 0) is 0 Å². The van der Waals surface area contributed by atoms with Crippen molar-refractivity contribution >= 4 is 0 Å². The molecule has 1 aliphatic heterocycles. The van der Waals surface area contributed by atoms with Crippen LogP contribution in [-0.4, -0.2) is 40.0 Å². The molecule has 1 fully saturated rings. The van der Waals surface area contributed by atoms with Gasteiger partial charge in [-0.2, -0.15) is 0 Å². The predicted molar refractivity (Wildman–Crippen MR) is 30.0 cm³/mol. The monoisotopic (exact) mass is 147 g/mol. The molecule has 6 nitrogen and oxygen atoms in total. The highest BCUT2D eigenvalue weighted by molar-refractivity contribution is 4.71. The molecule has 10 heavy (non-hydrogen) atoms. The molecule has 1 rings (SSSR count). The van der Waals surface area contributed by atoms with Crippen molar-refractivity contribution < 1.29 is 15.3 Å². The molecule has 0 aliphatic carbocycles. The highest BCUT2D eigenvalue weighted by atomic mass is 16.6. The lowest BCUT2D eigenvalue weighted by Gasteiger charge is -2.32. The fourth-order valence-corrected chi connectivity index (χ4v) is 0.854. The average molecular weight is 147 g/mol. The summed E-state index contributed by atoms with van der Waals surface area (Å²) < 4.78 is 0. The molecule has 0 aromatic carbocycles. The molecule has 0 amide bonds. The van der Waals surface area contributed by atoms with E-state index in [2.05, 4.69) is 5.28 Å². The Kier molecular flexibility index (Phi) is 1.91. The van der Waals surface area contributed by atoms with E-state index >= 15 is 0 Å². The van der Waals surface area contributed by atoms with Gasteiger partial charge in [-0.25, -0.2) is 0 Å². The van der Waals surface area contributed by atoms with Crippen LogP contribution in [0.15, 0.2) is 5.28 Å². The molecule has 0 saturated carbocycles. The van der Waals surface area contributed by atoms with Crippen molar-refractivity contribution in [3.05, 3.63) is 5.21 Å². The van der Waals surface area contributed by atoms with Gasteiger partial charge in [-0.3, -0.25) is 0 Å². The molecule has 1 saturated heterocycles. The Hall–Kier alpha value is -1.04. The fourth-order valence-electron chi connectivity index (χ4n) is 0.854. The molecular formula is C4H9N3O3. The second kappa shape index (κ2) is 2.70. The quantitative estimate of drug-likeness (QED) is 0.303. The molecular weight excluding hydrogens is 138 g/mol. The van der Waals surface area contributed by atoms with Crippen LogP contribution in [0.1, 0.15) is 0 Å². The Morgan fingerprint density at radius 3 is 2.70 bits per heavy atom. The first-order chi connectivity index (χ1) is 4.77. The van der Waals surface area contributed by atoms with Crippen LogP contribution >= 0.6 is 0 Å². The fraction of sp³-hybridized carbons (Fsp3) is 1.00. The van der Waals surface area contributed by atoms with Crippen LogP contribution in [0, 0.1) is 11.1 Å². The molecule has 0 radical (unpaired) electrons. The molecule has 0 unspecified atom stereocenters. The Labute approximate surface area is 57.5 Å². The van der Waals surface area contributed by atoms with E-state index in [9.17, 15) is 5.21 Å². The number of hydrogen-bond donors (Lipinski definition) is 2. The summed E-state index contributed by atoms with van der Waals surface area (Å²) in [6, 6.07) is 0. The summed E-state index contributed by atoms with van der Waals surface area (Å²) in [5.74, 6) is 0.151. The lowest BCUT2D eigenvalue weighted by atomic mass is 10.0. The molecule has 0 aromatic rings. The molecule has 0 atom stereocenters. The lowest BCUT2D eigenvalue weighted by Crippen LogP contribution is -2.51. The first kappa shape index (κ1) is 7.07. The number of aliphatic hydroxyl groups excluding tert-OH is 1. The van der Waals surface area contributed by atoms with E-state index in [1.54, 1.807) is 0 Å². The predicted octanol–water partition coefficient (Wildman–Crippen LogP) is -0.823. The topological polar surface area (TPSA) is 82.1 Å². The minimum Gasteiger partial charge on any atom is -0.569 e. The zero-order chi connectivity index (χ0) is 7.56. The van der Waals surface area contributed by atoms with Crippen molar-refractivity contribution in [3.8, 4) is 0 Å². The van der Waals surface area contributed by atoms with E-state index in [4.69, 9.17) is 10.3 Å². The molecule has 0 spiro atoms. The van der Waals surface area contributed by atoms with Crippen molar-refractivity contribution in [2.45, 2.75) is 0 Å².